The number of aromatic nitrogens is 4. The summed E-state index contributed by atoms with van der Waals surface area (Å²) in [4.78, 5) is 27.8. The second-order valence-electron chi connectivity index (χ2n) is 7.80. The summed E-state index contributed by atoms with van der Waals surface area (Å²) in [5.41, 5.74) is 10.5. The third-order valence-corrected chi connectivity index (χ3v) is 5.63. The number of amides is 1. The summed E-state index contributed by atoms with van der Waals surface area (Å²) in [6, 6.07) is 3.76. The lowest BCUT2D eigenvalue weighted by Crippen LogP contribution is -2.25. The number of anilines is 1. The van der Waals surface area contributed by atoms with E-state index in [0.29, 0.717) is 17.6 Å². The van der Waals surface area contributed by atoms with Gasteiger partial charge in [-0.15, -0.1) is 0 Å². The molecule has 1 aromatic carbocycles. The van der Waals surface area contributed by atoms with Crippen molar-refractivity contribution in [1.82, 2.24) is 24.4 Å². The average Bonchev–Trinajstić information content (AvgIpc) is 3.10. The van der Waals surface area contributed by atoms with Gasteiger partial charge in [0.15, 0.2) is 0 Å². The van der Waals surface area contributed by atoms with Gasteiger partial charge >= 0.3 is 0 Å². The number of fused-ring (bicyclic) bond motifs is 1. The zero-order valence-electron chi connectivity index (χ0n) is 16.6. The van der Waals surface area contributed by atoms with E-state index in [1.54, 1.807) is 31.4 Å². The first kappa shape index (κ1) is 18.4. The first-order chi connectivity index (χ1) is 13.5. The fourth-order valence-electron chi connectivity index (χ4n) is 4.28. The lowest BCUT2D eigenvalue weighted by molar-refractivity contribution is 0.0825. The molecule has 1 saturated carbocycles. The number of hydrogen-bond donors (Lipinski definition) is 1. The van der Waals surface area contributed by atoms with E-state index in [4.69, 9.17) is 10.7 Å². The van der Waals surface area contributed by atoms with Gasteiger partial charge in [-0.2, -0.15) is 0 Å². The maximum absolute atomic E-state index is 13.0. The van der Waals surface area contributed by atoms with Crippen LogP contribution >= 0.6 is 0 Å². The van der Waals surface area contributed by atoms with Crippen molar-refractivity contribution in [1.29, 1.82) is 0 Å². The molecule has 1 aliphatic carbocycles. The molecule has 3 aromatic rings. The molecule has 7 nitrogen and oxygen atoms in total. The van der Waals surface area contributed by atoms with Gasteiger partial charge in [0.1, 0.15) is 24.3 Å². The minimum absolute atomic E-state index is 0.0424. The van der Waals surface area contributed by atoms with Gasteiger partial charge in [-0.05, 0) is 42.9 Å². The summed E-state index contributed by atoms with van der Waals surface area (Å²) in [6.45, 7) is 2.01. The van der Waals surface area contributed by atoms with Gasteiger partial charge in [0.05, 0.1) is 11.0 Å². The maximum Gasteiger partial charge on any atom is 0.253 e. The van der Waals surface area contributed by atoms with E-state index in [-0.39, 0.29) is 5.91 Å². The third-order valence-electron chi connectivity index (χ3n) is 5.63. The number of nitrogen functional groups attached to an aromatic ring is 1. The highest BCUT2D eigenvalue weighted by Crippen LogP contribution is 2.40. The molecule has 0 saturated heterocycles. The molecule has 2 aromatic heterocycles. The van der Waals surface area contributed by atoms with Crippen molar-refractivity contribution in [2.75, 3.05) is 19.8 Å². The van der Waals surface area contributed by atoms with Crippen LogP contribution in [0.5, 0.6) is 0 Å². The molecule has 2 heterocycles. The number of carbonyl (C=O) groups is 1. The average molecular weight is 378 g/mol. The van der Waals surface area contributed by atoms with Crippen molar-refractivity contribution in [3.8, 4) is 5.82 Å². The van der Waals surface area contributed by atoms with Gasteiger partial charge in [-0.1, -0.05) is 19.3 Å². The minimum Gasteiger partial charge on any atom is -0.384 e. The van der Waals surface area contributed by atoms with Crippen molar-refractivity contribution < 1.29 is 4.79 Å². The van der Waals surface area contributed by atoms with Crippen LogP contribution in [0.1, 0.15) is 59.5 Å². The van der Waals surface area contributed by atoms with E-state index in [2.05, 4.69) is 9.97 Å². The summed E-state index contributed by atoms with van der Waals surface area (Å²) >= 11 is 0. The van der Waals surface area contributed by atoms with E-state index in [1.807, 2.05) is 17.6 Å². The SMILES string of the molecule is Cc1cc2c(ncn2-c2cc(N)ncn2)c(C2CCCCC2)c1C(=O)N(C)C. The number of aryl methyl sites for hydroxylation is 1. The Labute approximate surface area is 164 Å². The Morgan fingerprint density at radius 2 is 1.89 bits per heavy atom. The summed E-state index contributed by atoms with van der Waals surface area (Å²) in [7, 11) is 3.61. The normalized spacial score (nSPS) is 15.1. The van der Waals surface area contributed by atoms with E-state index >= 15 is 0 Å². The molecule has 0 spiro atoms. The van der Waals surface area contributed by atoms with E-state index in [1.165, 1.54) is 25.6 Å². The quantitative estimate of drug-likeness (QED) is 0.754. The second kappa shape index (κ2) is 7.22. The fourth-order valence-corrected chi connectivity index (χ4v) is 4.28. The Kier molecular flexibility index (Phi) is 4.75. The molecule has 1 fully saturated rings. The van der Waals surface area contributed by atoms with Gasteiger partial charge in [0.25, 0.3) is 5.91 Å². The van der Waals surface area contributed by atoms with Crippen LogP contribution in [0.25, 0.3) is 16.9 Å². The molecule has 1 aliphatic rings. The fraction of sp³-hybridized carbons (Fsp3) is 0.429. The van der Waals surface area contributed by atoms with Crippen LogP contribution in [0, 0.1) is 6.92 Å². The largest absolute Gasteiger partial charge is 0.384 e. The van der Waals surface area contributed by atoms with Crippen molar-refractivity contribution >= 4 is 22.8 Å². The lowest BCUT2D eigenvalue weighted by atomic mass is 9.80. The highest BCUT2D eigenvalue weighted by molar-refractivity contribution is 6.02. The standard InChI is InChI=1S/C21H26N6O/c1-13-9-15-20(25-12-27(15)17-10-16(22)23-11-24-17)19(14-7-5-4-6-8-14)18(13)21(28)26(2)3/h9-12,14H,4-8H2,1-3H3,(H2,22,23,24). The predicted octanol–water partition coefficient (Wildman–Crippen LogP) is 3.46. The number of rotatable bonds is 3. The maximum atomic E-state index is 13.0. The Morgan fingerprint density at radius 1 is 1.14 bits per heavy atom. The molecular formula is C21H26N6O. The molecule has 4 rings (SSSR count). The molecule has 0 radical (unpaired) electrons. The minimum atomic E-state index is 0.0424. The molecule has 28 heavy (non-hydrogen) atoms. The van der Waals surface area contributed by atoms with Gasteiger partial charge < -0.3 is 10.6 Å². The van der Waals surface area contributed by atoms with E-state index < -0.39 is 0 Å². The van der Waals surface area contributed by atoms with Crippen molar-refractivity contribution in [2.24, 2.45) is 0 Å². The number of nitrogens with two attached hydrogens (primary N) is 1. The van der Waals surface area contributed by atoms with Gasteiger partial charge in [-0.25, -0.2) is 15.0 Å². The molecule has 0 bridgehead atoms. The summed E-state index contributed by atoms with van der Waals surface area (Å²) in [5, 5.41) is 0. The summed E-state index contributed by atoms with van der Waals surface area (Å²) in [5.74, 6) is 1.49. The summed E-state index contributed by atoms with van der Waals surface area (Å²) < 4.78 is 1.93. The molecule has 2 N–H and O–H groups in total. The van der Waals surface area contributed by atoms with Crippen molar-refractivity contribution in [2.45, 2.75) is 44.9 Å². The Morgan fingerprint density at radius 3 is 2.57 bits per heavy atom. The van der Waals surface area contributed by atoms with Gasteiger partial charge in [0, 0.05) is 25.7 Å². The number of nitrogens with zero attached hydrogens (tertiary/aromatic N) is 5. The molecular weight excluding hydrogens is 352 g/mol. The molecule has 7 heteroatoms. The zero-order chi connectivity index (χ0) is 19.8. The van der Waals surface area contributed by atoms with Gasteiger partial charge in [-0.3, -0.25) is 9.36 Å². The molecule has 0 atom stereocenters. The van der Waals surface area contributed by atoms with Crippen LogP contribution in [0.15, 0.2) is 24.8 Å². The van der Waals surface area contributed by atoms with E-state index in [0.717, 1.165) is 40.6 Å². The van der Waals surface area contributed by atoms with Crippen LogP contribution in [0.3, 0.4) is 0 Å². The Hall–Kier alpha value is -2.96. The number of carbonyl (C=O) groups excluding carboxylic acids is 1. The first-order valence-electron chi connectivity index (χ1n) is 9.77. The Bertz CT molecular complexity index is 1030. The highest BCUT2D eigenvalue weighted by atomic mass is 16.2. The Balaban J connectivity index is 1.98. The second-order valence-corrected chi connectivity index (χ2v) is 7.80. The number of imidazole rings is 1. The van der Waals surface area contributed by atoms with Crippen LogP contribution in [-0.4, -0.2) is 44.4 Å². The van der Waals surface area contributed by atoms with Crippen molar-refractivity contribution in [3.63, 3.8) is 0 Å². The highest BCUT2D eigenvalue weighted by Gasteiger charge is 2.28. The first-order valence-corrected chi connectivity index (χ1v) is 9.77. The number of benzene rings is 1. The van der Waals surface area contributed by atoms with Gasteiger partial charge in [0.2, 0.25) is 0 Å². The van der Waals surface area contributed by atoms with Crippen LogP contribution in [0.2, 0.25) is 0 Å². The molecule has 1 amide bonds. The predicted molar refractivity (Wildman–Crippen MR) is 110 cm³/mol. The monoisotopic (exact) mass is 378 g/mol. The summed E-state index contributed by atoms with van der Waals surface area (Å²) in [6.07, 6.45) is 9.06. The van der Waals surface area contributed by atoms with Crippen LogP contribution in [0.4, 0.5) is 5.82 Å². The smallest absolute Gasteiger partial charge is 0.253 e. The molecule has 146 valence electrons. The zero-order valence-corrected chi connectivity index (χ0v) is 16.6. The van der Waals surface area contributed by atoms with Crippen molar-refractivity contribution in [3.05, 3.63) is 41.5 Å². The van der Waals surface area contributed by atoms with Crippen LogP contribution in [-0.2, 0) is 0 Å². The number of hydrogen-bond acceptors (Lipinski definition) is 5. The third kappa shape index (κ3) is 3.10. The molecule has 0 unspecified atom stereocenters. The van der Waals surface area contributed by atoms with E-state index in [9.17, 15) is 4.79 Å². The van der Waals surface area contributed by atoms with Crippen LogP contribution < -0.4 is 5.73 Å². The lowest BCUT2D eigenvalue weighted by Gasteiger charge is -2.26. The topological polar surface area (TPSA) is 89.9 Å². The molecule has 0 aliphatic heterocycles.